The maximum atomic E-state index is 6.29. The molecule has 1 aliphatic rings. The minimum Gasteiger partial charge on any atom is -0.493 e. The summed E-state index contributed by atoms with van der Waals surface area (Å²) in [6.45, 7) is 6.87. The van der Waals surface area contributed by atoms with E-state index in [0.717, 1.165) is 42.2 Å². The summed E-state index contributed by atoms with van der Waals surface area (Å²) in [5.41, 5.74) is 4.33. The number of morpholine rings is 1. The monoisotopic (exact) mass is 471 g/mol. The highest BCUT2D eigenvalue weighted by molar-refractivity contribution is 5.87. The number of anilines is 1. The zero-order valence-corrected chi connectivity index (χ0v) is 20.3. The summed E-state index contributed by atoms with van der Waals surface area (Å²) < 4.78 is 19.2. The number of allylic oxidation sites excluding steroid dienone is 3. The van der Waals surface area contributed by atoms with E-state index in [0.29, 0.717) is 41.8 Å². The van der Waals surface area contributed by atoms with Crippen molar-refractivity contribution in [1.82, 2.24) is 19.7 Å². The van der Waals surface area contributed by atoms with E-state index in [1.807, 2.05) is 61.7 Å². The second kappa shape index (κ2) is 10.1. The number of furan rings is 1. The highest BCUT2D eigenvalue weighted by Crippen LogP contribution is 2.32. The fourth-order valence-corrected chi connectivity index (χ4v) is 4.13. The topological polar surface area (TPSA) is 78.4 Å². The Morgan fingerprint density at radius 2 is 1.91 bits per heavy atom. The molecule has 0 aliphatic carbocycles. The van der Waals surface area contributed by atoms with Gasteiger partial charge in [0, 0.05) is 30.9 Å². The Morgan fingerprint density at radius 3 is 2.66 bits per heavy atom. The van der Waals surface area contributed by atoms with E-state index in [1.165, 1.54) is 0 Å². The van der Waals surface area contributed by atoms with Crippen LogP contribution < -0.4 is 4.90 Å². The third kappa shape index (κ3) is 4.83. The fourth-order valence-electron chi connectivity index (χ4n) is 4.13. The number of nitrogens with zero attached hydrogens (tertiary/aromatic N) is 5. The van der Waals surface area contributed by atoms with E-state index in [1.54, 1.807) is 11.8 Å². The molecule has 1 fully saturated rings. The summed E-state index contributed by atoms with van der Waals surface area (Å²) in [6.07, 6.45) is 6.95. The number of aromatic nitrogens is 4. The zero-order chi connectivity index (χ0) is 24.2. The third-order valence-electron chi connectivity index (χ3n) is 5.86. The van der Waals surface area contributed by atoms with Gasteiger partial charge >= 0.3 is 0 Å². The number of methoxy groups -OCH3 is 1. The third-order valence-corrected chi connectivity index (χ3v) is 5.86. The zero-order valence-electron chi connectivity index (χ0n) is 20.3. The molecule has 0 amide bonds. The first-order valence-corrected chi connectivity index (χ1v) is 11.8. The van der Waals surface area contributed by atoms with E-state index in [4.69, 9.17) is 29.0 Å². The van der Waals surface area contributed by atoms with Gasteiger partial charge in [0.25, 0.3) is 5.95 Å². The fraction of sp³-hybridized carbons (Fsp3) is 0.296. The van der Waals surface area contributed by atoms with Crippen LogP contribution in [0.4, 0.5) is 5.82 Å². The molecule has 0 bridgehead atoms. The van der Waals surface area contributed by atoms with Gasteiger partial charge in [0.1, 0.15) is 5.52 Å². The molecule has 1 aliphatic heterocycles. The lowest BCUT2D eigenvalue weighted by Crippen LogP contribution is -2.37. The Balaban J connectivity index is 1.61. The van der Waals surface area contributed by atoms with Crippen LogP contribution in [0.25, 0.3) is 34.1 Å². The Morgan fingerprint density at radius 1 is 1.11 bits per heavy atom. The number of hydrogen-bond donors (Lipinski definition) is 0. The molecule has 4 heterocycles. The van der Waals surface area contributed by atoms with Crippen molar-refractivity contribution in [2.45, 2.75) is 20.3 Å². The lowest BCUT2D eigenvalue weighted by molar-refractivity contribution is 0.122. The number of rotatable bonds is 7. The van der Waals surface area contributed by atoms with E-state index in [9.17, 15) is 0 Å². The van der Waals surface area contributed by atoms with Gasteiger partial charge in [0.05, 0.1) is 26.0 Å². The Hall–Kier alpha value is -3.91. The summed E-state index contributed by atoms with van der Waals surface area (Å²) in [7, 11) is 1.65. The van der Waals surface area contributed by atoms with Crippen LogP contribution in [0.5, 0.6) is 0 Å². The van der Waals surface area contributed by atoms with Crippen LogP contribution in [-0.4, -0.2) is 53.2 Å². The van der Waals surface area contributed by atoms with Crippen LogP contribution in [0.1, 0.15) is 26.0 Å². The van der Waals surface area contributed by atoms with Gasteiger partial charge in [-0.1, -0.05) is 48.9 Å². The number of ether oxygens (including phenoxy) is 2. The molecule has 8 heteroatoms. The molecule has 8 nitrogen and oxygen atoms in total. The highest BCUT2D eigenvalue weighted by Gasteiger charge is 2.23. The van der Waals surface area contributed by atoms with Crippen molar-refractivity contribution in [2.24, 2.45) is 0 Å². The molecule has 0 spiro atoms. The van der Waals surface area contributed by atoms with Crippen LogP contribution >= 0.6 is 0 Å². The van der Waals surface area contributed by atoms with Crippen LogP contribution in [0.2, 0.25) is 0 Å². The van der Waals surface area contributed by atoms with Gasteiger partial charge in [-0.3, -0.25) is 0 Å². The Kier molecular flexibility index (Phi) is 6.63. The standard InChI is InChI=1S/C27H29N5O3/c1-4-8-19(2)17-23(33-3)24-18-22-25(35-24)26(31-13-15-34-16-14-31)29-27(28-22)32-12-11-21(30-32)20-9-6-5-7-10-20/h5-12,17-18H,4,13-16H2,1-3H3/b19-8+,23-17-. The predicted molar refractivity (Wildman–Crippen MR) is 136 cm³/mol. The molecule has 35 heavy (non-hydrogen) atoms. The van der Waals surface area contributed by atoms with Crippen LogP contribution in [0, 0.1) is 0 Å². The van der Waals surface area contributed by atoms with Crippen molar-refractivity contribution < 1.29 is 13.9 Å². The Labute approximate surface area is 204 Å². The molecule has 0 N–H and O–H groups in total. The minimum atomic E-state index is 0.485. The van der Waals surface area contributed by atoms with E-state index in [2.05, 4.69) is 17.9 Å². The van der Waals surface area contributed by atoms with Crippen LogP contribution in [0.15, 0.2) is 70.8 Å². The maximum Gasteiger partial charge on any atom is 0.253 e. The summed E-state index contributed by atoms with van der Waals surface area (Å²) in [4.78, 5) is 11.9. The quantitative estimate of drug-likeness (QED) is 0.269. The van der Waals surface area contributed by atoms with Gasteiger partial charge in [-0.25, -0.2) is 9.67 Å². The number of benzene rings is 1. The minimum absolute atomic E-state index is 0.485. The largest absolute Gasteiger partial charge is 0.493 e. The summed E-state index contributed by atoms with van der Waals surface area (Å²) >= 11 is 0. The molecule has 5 rings (SSSR count). The van der Waals surface area contributed by atoms with Crippen molar-refractivity contribution >= 4 is 22.7 Å². The summed E-state index contributed by atoms with van der Waals surface area (Å²) in [6, 6.07) is 13.9. The first-order valence-electron chi connectivity index (χ1n) is 11.8. The average Bonchev–Trinajstić information content (AvgIpc) is 3.56. The van der Waals surface area contributed by atoms with Gasteiger partial charge < -0.3 is 18.8 Å². The van der Waals surface area contributed by atoms with Crippen molar-refractivity contribution in [1.29, 1.82) is 0 Å². The van der Waals surface area contributed by atoms with Crippen molar-refractivity contribution in [2.75, 3.05) is 38.3 Å². The van der Waals surface area contributed by atoms with Crippen molar-refractivity contribution in [3.63, 3.8) is 0 Å². The second-order valence-corrected chi connectivity index (χ2v) is 8.35. The molecule has 0 atom stereocenters. The summed E-state index contributed by atoms with van der Waals surface area (Å²) in [5, 5.41) is 4.74. The van der Waals surface area contributed by atoms with Gasteiger partial charge in [0.15, 0.2) is 22.9 Å². The SMILES string of the molecule is CC/C=C(C)/C=C(\OC)c1cc2nc(-n3ccc(-c4ccccc4)n3)nc(N3CCOCC3)c2o1. The first-order chi connectivity index (χ1) is 17.2. The van der Waals surface area contributed by atoms with Crippen molar-refractivity contribution in [3.8, 4) is 17.2 Å². The highest BCUT2D eigenvalue weighted by atomic mass is 16.5. The molecule has 0 unspecified atom stereocenters. The average molecular weight is 472 g/mol. The molecule has 1 aromatic carbocycles. The molecular formula is C27H29N5O3. The molecule has 180 valence electrons. The lowest BCUT2D eigenvalue weighted by atomic mass is 10.2. The van der Waals surface area contributed by atoms with E-state index in [-0.39, 0.29) is 0 Å². The van der Waals surface area contributed by atoms with Crippen LogP contribution in [-0.2, 0) is 9.47 Å². The number of fused-ring (bicyclic) bond motifs is 1. The molecular weight excluding hydrogens is 442 g/mol. The maximum absolute atomic E-state index is 6.29. The molecule has 3 aromatic heterocycles. The molecule has 0 saturated carbocycles. The van der Waals surface area contributed by atoms with Gasteiger partial charge in [-0.2, -0.15) is 10.1 Å². The predicted octanol–water partition coefficient (Wildman–Crippen LogP) is 5.26. The smallest absolute Gasteiger partial charge is 0.253 e. The normalized spacial score (nSPS) is 15.1. The van der Waals surface area contributed by atoms with Crippen molar-refractivity contribution in [3.05, 3.63) is 72.1 Å². The van der Waals surface area contributed by atoms with Gasteiger partial charge in [0.2, 0.25) is 0 Å². The van der Waals surface area contributed by atoms with Gasteiger partial charge in [-0.05, 0) is 25.5 Å². The van der Waals surface area contributed by atoms with Gasteiger partial charge in [-0.15, -0.1) is 0 Å². The Bertz CT molecular complexity index is 1360. The van der Waals surface area contributed by atoms with Crippen LogP contribution in [0.3, 0.4) is 0 Å². The lowest BCUT2D eigenvalue weighted by Gasteiger charge is -2.27. The summed E-state index contributed by atoms with van der Waals surface area (Å²) in [5.74, 6) is 2.47. The second-order valence-electron chi connectivity index (χ2n) is 8.35. The number of hydrogen-bond acceptors (Lipinski definition) is 7. The molecule has 0 radical (unpaired) electrons. The first kappa shape index (κ1) is 22.9. The molecule has 1 saturated heterocycles. The molecule has 4 aromatic rings. The van der Waals surface area contributed by atoms with E-state index < -0.39 is 0 Å². The van der Waals surface area contributed by atoms with E-state index >= 15 is 0 Å².